The number of anilines is 1. The van der Waals surface area contributed by atoms with E-state index in [0.29, 0.717) is 5.56 Å². The molecule has 1 aromatic heterocycles. The molecule has 3 aromatic rings. The van der Waals surface area contributed by atoms with Crippen LogP contribution in [0.1, 0.15) is 40.0 Å². The van der Waals surface area contributed by atoms with Crippen molar-refractivity contribution in [3.05, 3.63) is 70.9 Å². The van der Waals surface area contributed by atoms with Crippen molar-refractivity contribution in [3.8, 4) is 0 Å². The van der Waals surface area contributed by atoms with Crippen LogP contribution in [0, 0.1) is 13.8 Å². The number of hydrogen-bond acceptors (Lipinski definition) is 2. The molecular formula is C22H22N2O. The second kappa shape index (κ2) is 6.32. The first-order valence-electron chi connectivity index (χ1n) is 8.91. The summed E-state index contributed by atoms with van der Waals surface area (Å²) < 4.78 is 0. The number of hydrogen-bond donors (Lipinski definition) is 0. The van der Waals surface area contributed by atoms with Crippen LogP contribution in [0.3, 0.4) is 0 Å². The van der Waals surface area contributed by atoms with Crippen molar-refractivity contribution in [1.82, 2.24) is 4.98 Å². The molecule has 0 fully saturated rings. The van der Waals surface area contributed by atoms with Crippen LogP contribution in [-0.4, -0.2) is 17.4 Å². The van der Waals surface area contributed by atoms with Crippen molar-refractivity contribution < 1.29 is 4.79 Å². The number of para-hydroxylation sites is 1. The van der Waals surface area contributed by atoms with Crippen LogP contribution in [0.2, 0.25) is 0 Å². The lowest BCUT2D eigenvalue weighted by atomic mass is 10.1. The van der Waals surface area contributed by atoms with Crippen LogP contribution in [0.4, 0.5) is 5.69 Å². The standard InChI is InChI=1S/C22H22N2O/c1-15-10-11-20-18(13-15)14-19(16(2)23-20)22(25)24-12-6-5-8-17-7-3-4-9-21(17)24/h3-4,7,9-11,13-14H,5-6,8,12H2,1-2H3. The summed E-state index contributed by atoms with van der Waals surface area (Å²) in [5.41, 5.74) is 5.93. The molecule has 25 heavy (non-hydrogen) atoms. The Labute approximate surface area is 148 Å². The Morgan fingerprint density at radius 2 is 1.88 bits per heavy atom. The summed E-state index contributed by atoms with van der Waals surface area (Å²) >= 11 is 0. The zero-order valence-electron chi connectivity index (χ0n) is 14.7. The SMILES string of the molecule is Cc1ccc2nc(C)c(C(=O)N3CCCCc4ccccc43)cc2c1. The highest BCUT2D eigenvalue weighted by Gasteiger charge is 2.24. The number of pyridine rings is 1. The molecule has 2 heterocycles. The quantitative estimate of drug-likeness (QED) is 0.640. The van der Waals surface area contributed by atoms with E-state index in [1.165, 1.54) is 11.1 Å². The van der Waals surface area contributed by atoms with Gasteiger partial charge in [0.05, 0.1) is 16.8 Å². The van der Waals surface area contributed by atoms with Gasteiger partial charge < -0.3 is 4.90 Å². The number of amides is 1. The van der Waals surface area contributed by atoms with Crippen LogP contribution in [0.15, 0.2) is 48.5 Å². The van der Waals surface area contributed by atoms with Gasteiger partial charge in [-0.1, -0.05) is 29.8 Å². The minimum atomic E-state index is 0.0581. The molecule has 3 nitrogen and oxygen atoms in total. The maximum absolute atomic E-state index is 13.4. The van der Waals surface area contributed by atoms with Crippen LogP contribution < -0.4 is 4.90 Å². The van der Waals surface area contributed by atoms with Crippen LogP contribution >= 0.6 is 0 Å². The summed E-state index contributed by atoms with van der Waals surface area (Å²) in [4.78, 5) is 20.0. The van der Waals surface area contributed by atoms with Gasteiger partial charge in [-0.3, -0.25) is 9.78 Å². The normalized spacial score (nSPS) is 14.2. The maximum atomic E-state index is 13.4. The third-order valence-corrected chi connectivity index (χ3v) is 5.00. The van der Waals surface area contributed by atoms with E-state index >= 15 is 0 Å². The average Bonchev–Trinajstić information content (AvgIpc) is 2.83. The summed E-state index contributed by atoms with van der Waals surface area (Å²) in [6, 6.07) is 16.4. The Morgan fingerprint density at radius 1 is 1.04 bits per heavy atom. The van der Waals surface area contributed by atoms with Gasteiger partial charge in [0.1, 0.15) is 0 Å². The highest BCUT2D eigenvalue weighted by molar-refractivity contribution is 6.08. The fraction of sp³-hybridized carbons (Fsp3) is 0.273. The number of aromatic nitrogens is 1. The number of nitrogens with zero attached hydrogens (tertiary/aromatic N) is 2. The molecule has 0 saturated carbocycles. The van der Waals surface area contributed by atoms with E-state index in [9.17, 15) is 4.79 Å². The molecule has 0 bridgehead atoms. The highest BCUT2D eigenvalue weighted by atomic mass is 16.2. The summed E-state index contributed by atoms with van der Waals surface area (Å²) in [7, 11) is 0. The van der Waals surface area contributed by atoms with Gasteiger partial charge in [-0.05, 0) is 62.9 Å². The largest absolute Gasteiger partial charge is 0.308 e. The Kier molecular flexibility index (Phi) is 4.00. The minimum Gasteiger partial charge on any atom is -0.308 e. The summed E-state index contributed by atoms with van der Waals surface area (Å²) in [6.45, 7) is 4.75. The minimum absolute atomic E-state index is 0.0581. The van der Waals surface area contributed by atoms with Gasteiger partial charge >= 0.3 is 0 Å². The van der Waals surface area contributed by atoms with Gasteiger partial charge in [0.25, 0.3) is 5.91 Å². The molecular weight excluding hydrogens is 308 g/mol. The average molecular weight is 330 g/mol. The highest BCUT2D eigenvalue weighted by Crippen LogP contribution is 2.28. The van der Waals surface area contributed by atoms with Crippen molar-refractivity contribution in [2.45, 2.75) is 33.1 Å². The van der Waals surface area contributed by atoms with Crippen molar-refractivity contribution in [1.29, 1.82) is 0 Å². The molecule has 0 unspecified atom stereocenters. The van der Waals surface area contributed by atoms with Crippen molar-refractivity contribution in [2.75, 3.05) is 11.4 Å². The summed E-state index contributed by atoms with van der Waals surface area (Å²) in [6.07, 6.45) is 3.18. The second-order valence-electron chi connectivity index (χ2n) is 6.86. The molecule has 0 saturated heterocycles. The molecule has 1 aliphatic heterocycles. The third kappa shape index (κ3) is 2.91. The first-order chi connectivity index (χ1) is 12.1. The number of benzene rings is 2. The fourth-order valence-electron chi connectivity index (χ4n) is 3.66. The van der Waals surface area contributed by atoms with E-state index < -0.39 is 0 Å². The Hall–Kier alpha value is -2.68. The molecule has 1 aliphatic rings. The van der Waals surface area contributed by atoms with Gasteiger partial charge in [0.2, 0.25) is 0 Å². The molecule has 3 heteroatoms. The Bertz CT molecular complexity index is 961. The van der Waals surface area contributed by atoms with Crippen molar-refractivity contribution in [3.63, 3.8) is 0 Å². The lowest BCUT2D eigenvalue weighted by molar-refractivity contribution is 0.0986. The molecule has 0 N–H and O–H groups in total. The van der Waals surface area contributed by atoms with Crippen LogP contribution in [0.5, 0.6) is 0 Å². The van der Waals surface area contributed by atoms with E-state index in [2.05, 4.69) is 42.2 Å². The van der Waals surface area contributed by atoms with Crippen LogP contribution in [0.25, 0.3) is 10.9 Å². The Morgan fingerprint density at radius 3 is 2.76 bits per heavy atom. The predicted molar refractivity (Wildman–Crippen MR) is 102 cm³/mol. The van der Waals surface area contributed by atoms with E-state index in [0.717, 1.165) is 48.1 Å². The molecule has 2 aromatic carbocycles. The van der Waals surface area contributed by atoms with Gasteiger partial charge in [-0.25, -0.2) is 0 Å². The summed E-state index contributed by atoms with van der Waals surface area (Å²) in [5, 5.41) is 1.03. The third-order valence-electron chi connectivity index (χ3n) is 5.00. The topological polar surface area (TPSA) is 33.2 Å². The maximum Gasteiger partial charge on any atom is 0.260 e. The monoisotopic (exact) mass is 330 g/mol. The zero-order valence-corrected chi connectivity index (χ0v) is 14.7. The predicted octanol–water partition coefficient (Wildman–Crippen LogP) is 4.83. The zero-order chi connectivity index (χ0) is 17.4. The number of aryl methyl sites for hydroxylation is 3. The molecule has 0 atom stereocenters. The Balaban J connectivity index is 1.81. The number of carbonyl (C=O) groups excluding carboxylic acids is 1. The molecule has 0 spiro atoms. The van der Waals surface area contributed by atoms with Crippen LogP contribution in [-0.2, 0) is 6.42 Å². The number of rotatable bonds is 1. The van der Waals surface area contributed by atoms with Gasteiger partial charge in [-0.2, -0.15) is 0 Å². The van der Waals surface area contributed by atoms with E-state index in [4.69, 9.17) is 0 Å². The number of fused-ring (bicyclic) bond motifs is 2. The number of carbonyl (C=O) groups is 1. The first-order valence-corrected chi connectivity index (χ1v) is 8.91. The second-order valence-corrected chi connectivity index (χ2v) is 6.86. The van der Waals surface area contributed by atoms with Crippen molar-refractivity contribution >= 4 is 22.5 Å². The van der Waals surface area contributed by atoms with E-state index in [1.54, 1.807) is 0 Å². The van der Waals surface area contributed by atoms with Gasteiger partial charge in [0.15, 0.2) is 0 Å². The molecule has 126 valence electrons. The molecule has 0 aliphatic carbocycles. The van der Waals surface area contributed by atoms with Crippen molar-refractivity contribution in [2.24, 2.45) is 0 Å². The first kappa shape index (κ1) is 15.8. The van der Waals surface area contributed by atoms with E-state index in [-0.39, 0.29) is 5.91 Å². The lowest BCUT2D eigenvalue weighted by Crippen LogP contribution is -2.32. The molecule has 0 radical (unpaired) electrons. The molecule has 1 amide bonds. The fourth-order valence-corrected chi connectivity index (χ4v) is 3.66. The smallest absolute Gasteiger partial charge is 0.260 e. The lowest BCUT2D eigenvalue weighted by Gasteiger charge is -2.23. The summed E-state index contributed by atoms with van der Waals surface area (Å²) in [5.74, 6) is 0.0581. The van der Waals surface area contributed by atoms with Gasteiger partial charge in [0, 0.05) is 17.6 Å². The molecule has 4 rings (SSSR count). The van der Waals surface area contributed by atoms with E-state index in [1.807, 2.05) is 30.0 Å². The van der Waals surface area contributed by atoms with Gasteiger partial charge in [-0.15, -0.1) is 0 Å².